The van der Waals surface area contributed by atoms with Gasteiger partial charge in [0.2, 0.25) is 10.0 Å². The van der Waals surface area contributed by atoms with Crippen molar-refractivity contribution in [3.63, 3.8) is 0 Å². The zero-order chi connectivity index (χ0) is 15.3. The zero-order valence-electron chi connectivity index (χ0n) is 12.1. The number of carbonyl (C=O) groups excluding carboxylic acids is 1. The normalized spacial score (nSPS) is 11.7. The number of hydrogen-bond acceptors (Lipinski definition) is 3. The molecule has 1 amide bonds. The summed E-state index contributed by atoms with van der Waals surface area (Å²) in [6.45, 7) is 6.63. The first-order valence-electron chi connectivity index (χ1n) is 6.69. The molecular weight excluding hydrogens is 276 g/mol. The van der Waals surface area contributed by atoms with Gasteiger partial charge in [-0.2, -0.15) is 0 Å². The Morgan fingerprint density at radius 2 is 2.00 bits per heavy atom. The lowest BCUT2D eigenvalue weighted by molar-refractivity contribution is 0.0951. The second kappa shape index (κ2) is 6.85. The molecule has 5 nitrogen and oxygen atoms in total. The van der Waals surface area contributed by atoms with Gasteiger partial charge < -0.3 is 5.32 Å². The highest BCUT2D eigenvalue weighted by molar-refractivity contribution is 7.89. The van der Waals surface area contributed by atoms with Gasteiger partial charge in [-0.3, -0.25) is 4.79 Å². The van der Waals surface area contributed by atoms with E-state index in [1.54, 1.807) is 6.07 Å². The Balaban J connectivity index is 2.99. The Hall–Kier alpha value is -1.40. The van der Waals surface area contributed by atoms with Crippen LogP contribution in [0.4, 0.5) is 0 Å². The second-order valence-corrected chi connectivity index (χ2v) is 6.72. The number of carbonyl (C=O) groups is 1. The summed E-state index contributed by atoms with van der Waals surface area (Å²) in [6.07, 6.45) is 1.53. The monoisotopic (exact) mass is 298 g/mol. The molecule has 0 heterocycles. The van der Waals surface area contributed by atoms with Gasteiger partial charge in [0, 0.05) is 12.1 Å². The minimum atomic E-state index is -3.80. The predicted octanol–water partition coefficient (Wildman–Crippen LogP) is 1.67. The average molecular weight is 298 g/mol. The Morgan fingerprint density at radius 1 is 1.35 bits per heavy atom. The van der Waals surface area contributed by atoms with Crippen molar-refractivity contribution < 1.29 is 13.2 Å². The second-order valence-electron chi connectivity index (χ2n) is 5.16. The standard InChI is InChI=1S/C14H22N2O3S/c1-4-11-5-6-12(20(15,18)19)9-13(11)14(17)16-8-7-10(2)3/h5-6,9-10H,4,7-8H2,1-3H3,(H,16,17)(H2,15,18,19). The van der Waals surface area contributed by atoms with E-state index in [4.69, 9.17) is 5.14 Å². The van der Waals surface area contributed by atoms with Crippen LogP contribution in [0.1, 0.15) is 43.1 Å². The third kappa shape index (κ3) is 4.61. The molecule has 112 valence electrons. The van der Waals surface area contributed by atoms with Crippen molar-refractivity contribution in [1.29, 1.82) is 0 Å². The first-order valence-corrected chi connectivity index (χ1v) is 8.24. The van der Waals surface area contributed by atoms with E-state index in [9.17, 15) is 13.2 Å². The fourth-order valence-corrected chi connectivity index (χ4v) is 2.36. The van der Waals surface area contributed by atoms with E-state index in [-0.39, 0.29) is 10.8 Å². The predicted molar refractivity (Wildman–Crippen MR) is 79.0 cm³/mol. The Bertz CT molecular complexity index is 580. The molecule has 6 heteroatoms. The number of rotatable bonds is 6. The molecule has 0 aliphatic heterocycles. The summed E-state index contributed by atoms with van der Waals surface area (Å²) in [6, 6.07) is 4.41. The van der Waals surface area contributed by atoms with Crippen LogP contribution < -0.4 is 10.5 Å². The summed E-state index contributed by atoms with van der Waals surface area (Å²) in [7, 11) is -3.80. The quantitative estimate of drug-likeness (QED) is 0.837. The Labute approximate surface area is 120 Å². The van der Waals surface area contributed by atoms with Crippen LogP contribution >= 0.6 is 0 Å². The number of nitrogens with two attached hydrogens (primary N) is 1. The highest BCUT2D eigenvalue weighted by atomic mass is 32.2. The van der Waals surface area contributed by atoms with E-state index in [1.807, 2.05) is 6.92 Å². The molecule has 0 saturated heterocycles. The molecule has 0 radical (unpaired) electrons. The van der Waals surface area contributed by atoms with Crippen molar-refractivity contribution in [2.45, 2.75) is 38.5 Å². The van der Waals surface area contributed by atoms with E-state index in [0.717, 1.165) is 12.0 Å². The van der Waals surface area contributed by atoms with E-state index in [0.29, 0.717) is 24.4 Å². The van der Waals surface area contributed by atoms with Crippen LogP contribution in [0, 0.1) is 5.92 Å². The molecule has 0 fully saturated rings. The maximum atomic E-state index is 12.1. The maximum absolute atomic E-state index is 12.1. The number of hydrogen-bond donors (Lipinski definition) is 2. The molecule has 0 atom stereocenters. The van der Waals surface area contributed by atoms with Crippen LogP contribution in [-0.2, 0) is 16.4 Å². The summed E-state index contributed by atoms with van der Waals surface area (Å²) in [5.41, 5.74) is 1.18. The van der Waals surface area contributed by atoms with Crippen molar-refractivity contribution in [3.8, 4) is 0 Å². The summed E-state index contributed by atoms with van der Waals surface area (Å²) in [5.74, 6) is 0.240. The molecule has 1 aromatic carbocycles. The van der Waals surface area contributed by atoms with Gasteiger partial charge in [-0.05, 0) is 36.5 Å². The van der Waals surface area contributed by atoms with Gasteiger partial charge in [-0.25, -0.2) is 13.6 Å². The summed E-state index contributed by atoms with van der Waals surface area (Å²) >= 11 is 0. The zero-order valence-corrected chi connectivity index (χ0v) is 13.0. The third-order valence-corrected chi connectivity index (χ3v) is 3.95. The highest BCUT2D eigenvalue weighted by Crippen LogP contribution is 2.16. The summed E-state index contributed by atoms with van der Waals surface area (Å²) in [4.78, 5) is 12.1. The molecule has 0 aromatic heterocycles. The van der Waals surface area contributed by atoms with Gasteiger partial charge in [0.25, 0.3) is 5.91 Å². The van der Waals surface area contributed by atoms with Crippen molar-refractivity contribution in [2.75, 3.05) is 6.54 Å². The van der Waals surface area contributed by atoms with Gasteiger partial charge in [-0.1, -0.05) is 26.8 Å². The van der Waals surface area contributed by atoms with Crippen LogP contribution in [0.15, 0.2) is 23.1 Å². The molecule has 0 aliphatic rings. The number of primary sulfonamides is 1. The summed E-state index contributed by atoms with van der Waals surface area (Å²) in [5, 5.41) is 7.91. The molecule has 0 saturated carbocycles. The molecule has 0 spiro atoms. The van der Waals surface area contributed by atoms with Crippen LogP contribution in [0.5, 0.6) is 0 Å². The molecule has 0 aliphatic carbocycles. The molecule has 1 aromatic rings. The molecule has 0 bridgehead atoms. The molecule has 1 rings (SSSR count). The van der Waals surface area contributed by atoms with Gasteiger partial charge in [-0.15, -0.1) is 0 Å². The van der Waals surface area contributed by atoms with Gasteiger partial charge in [0.1, 0.15) is 0 Å². The van der Waals surface area contributed by atoms with E-state index in [1.165, 1.54) is 12.1 Å². The molecular formula is C14H22N2O3S. The van der Waals surface area contributed by atoms with E-state index < -0.39 is 10.0 Å². The molecule has 0 unspecified atom stereocenters. The summed E-state index contributed by atoms with van der Waals surface area (Å²) < 4.78 is 22.7. The lowest BCUT2D eigenvalue weighted by Gasteiger charge is -2.11. The number of sulfonamides is 1. The van der Waals surface area contributed by atoms with Gasteiger partial charge in [0.05, 0.1) is 4.90 Å². The lowest BCUT2D eigenvalue weighted by atomic mass is 10.0. The maximum Gasteiger partial charge on any atom is 0.251 e. The highest BCUT2D eigenvalue weighted by Gasteiger charge is 2.15. The molecule has 20 heavy (non-hydrogen) atoms. The van der Waals surface area contributed by atoms with Crippen molar-refractivity contribution >= 4 is 15.9 Å². The van der Waals surface area contributed by atoms with Crippen LogP contribution in [0.3, 0.4) is 0 Å². The first-order chi connectivity index (χ1) is 9.25. The first kappa shape index (κ1) is 16.7. The van der Waals surface area contributed by atoms with Gasteiger partial charge in [0.15, 0.2) is 0 Å². The van der Waals surface area contributed by atoms with Crippen LogP contribution in [0.25, 0.3) is 0 Å². The van der Waals surface area contributed by atoms with Crippen LogP contribution in [0.2, 0.25) is 0 Å². The largest absolute Gasteiger partial charge is 0.352 e. The Kier molecular flexibility index (Phi) is 5.71. The number of aryl methyl sites for hydroxylation is 1. The topological polar surface area (TPSA) is 89.3 Å². The number of benzene rings is 1. The lowest BCUT2D eigenvalue weighted by Crippen LogP contribution is -2.27. The molecule has 3 N–H and O–H groups in total. The van der Waals surface area contributed by atoms with Crippen molar-refractivity contribution in [3.05, 3.63) is 29.3 Å². The van der Waals surface area contributed by atoms with Crippen molar-refractivity contribution in [2.24, 2.45) is 11.1 Å². The minimum absolute atomic E-state index is 0.0382. The third-order valence-electron chi connectivity index (χ3n) is 3.04. The minimum Gasteiger partial charge on any atom is -0.352 e. The SMILES string of the molecule is CCc1ccc(S(N)(=O)=O)cc1C(=O)NCCC(C)C. The average Bonchev–Trinajstić information content (AvgIpc) is 2.36. The number of amides is 1. The van der Waals surface area contributed by atoms with Gasteiger partial charge >= 0.3 is 0 Å². The van der Waals surface area contributed by atoms with E-state index >= 15 is 0 Å². The number of nitrogens with one attached hydrogen (secondary N) is 1. The fraction of sp³-hybridized carbons (Fsp3) is 0.500. The van der Waals surface area contributed by atoms with Crippen LogP contribution in [-0.4, -0.2) is 20.9 Å². The Morgan fingerprint density at radius 3 is 2.50 bits per heavy atom. The smallest absolute Gasteiger partial charge is 0.251 e. The van der Waals surface area contributed by atoms with Crippen molar-refractivity contribution in [1.82, 2.24) is 5.32 Å². The van der Waals surface area contributed by atoms with E-state index in [2.05, 4.69) is 19.2 Å². The fourth-order valence-electron chi connectivity index (χ4n) is 1.82.